The Hall–Kier alpha value is -2.66. The second-order valence-electron chi connectivity index (χ2n) is 9.87. The van der Waals surface area contributed by atoms with Gasteiger partial charge in [0.1, 0.15) is 17.0 Å². The molecular formula is C24H40BN3O7. The van der Waals surface area contributed by atoms with Crippen LogP contribution < -0.4 is 10.8 Å². The summed E-state index contributed by atoms with van der Waals surface area (Å²) in [6.45, 7) is 17.3. The van der Waals surface area contributed by atoms with Crippen LogP contribution in [-0.4, -0.2) is 79.0 Å². The highest BCUT2D eigenvalue weighted by Crippen LogP contribution is 2.36. The Kier molecular flexibility index (Phi) is 10.3. The standard InChI is InChI=1S/C22H34BN3O7.C2H6/c1-20(2,3)31-19(29)26(8)13-12-24-17(27)15-11-10-14(16(25-15)18(28)30-9)23-32-21(4,5)22(6,7)33-23;1-2/h10-11H,12-13H2,1-9H3,(H,24,27);1-2H3. The van der Waals surface area contributed by atoms with Gasteiger partial charge in [0.05, 0.1) is 18.3 Å². The van der Waals surface area contributed by atoms with Crippen molar-refractivity contribution in [3.63, 3.8) is 0 Å². The smallest absolute Gasteiger partial charge is 0.464 e. The molecule has 35 heavy (non-hydrogen) atoms. The summed E-state index contributed by atoms with van der Waals surface area (Å²) in [7, 11) is 1.97. The summed E-state index contributed by atoms with van der Waals surface area (Å²) in [6.07, 6.45) is -0.491. The lowest BCUT2D eigenvalue weighted by molar-refractivity contribution is 0.00578. The molecule has 0 aromatic carbocycles. The Bertz CT molecular complexity index is 897. The lowest BCUT2D eigenvalue weighted by Crippen LogP contribution is -2.41. The number of ether oxygens (including phenoxy) is 2. The van der Waals surface area contributed by atoms with E-state index < -0.39 is 41.9 Å². The molecule has 0 bridgehead atoms. The third kappa shape index (κ3) is 7.93. The number of nitrogens with zero attached hydrogens (tertiary/aromatic N) is 2. The van der Waals surface area contributed by atoms with Crippen LogP contribution in [0.1, 0.15) is 83.3 Å². The number of carbonyl (C=O) groups excluding carboxylic acids is 3. The number of aromatic nitrogens is 1. The van der Waals surface area contributed by atoms with Crippen LogP contribution in [-0.2, 0) is 18.8 Å². The molecule has 1 aromatic rings. The second kappa shape index (κ2) is 11.9. The highest BCUT2D eigenvalue weighted by molar-refractivity contribution is 6.63. The zero-order valence-corrected chi connectivity index (χ0v) is 22.9. The van der Waals surface area contributed by atoms with Gasteiger partial charge in [0.15, 0.2) is 0 Å². The molecule has 1 aliphatic heterocycles. The summed E-state index contributed by atoms with van der Waals surface area (Å²) < 4.78 is 22.2. The van der Waals surface area contributed by atoms with Crippen LogP contribution in [0.2, 0.25) is 0 Å². The molecule has 2 heterocycles. The molecule has 2 amide bonds. The summed E-state index contributed by atoms with van der Waals surface area (Å²) in [5.74, 6) is -1.21. The van der Waals surface area contributed by atoms with E-state index in [1.54, 1.807) is 33.9 Å². The summed E-state index contributed by atoms with van der Waals surface area (Å²) in [5, 5.41) is 2.68. The van der Waals surface area contributed by atoms with Crippen molar-refractivity contribution in [2.75, 3.05) is 27.2 Å². The summed E-state index contributed by atoms with van der Waals surface area (Å²) in [4.78, 5) is 42.6. The molecule has 0 atom stereocenters. The zero-order valence-electron chi connectivity index (χ0n) is 22.9. The van der Waals surface area contributed by atoms with Gasteiger partial charge < -0.3 is 29.0 Å². The quantitative estimate of drug-likeness (QED) is 0.475. The van der Waals surface area contributed by atoms with Gasteiger partial charge in [-0.25, -0.2) is 14.6 Å². The number of carbonyl (C=O) groups is 3. The predicted octanol–water partition coefficient (Wildman–Crippen LogP) is 2.79. The molecule has 11 heteroatoms. The number of likely N-dealkylation sites (N-methyl/N-ethyl adjacent to an activating group) is 1. The number of esters is 1. The number of rotatable bonds is 6. The van der Waals surface area contributed by atoms with Gasteiger partial charge in [0.25, 0.3) is 5.91 Å². The minimum Gasteiger partial charge on any atom is -0.464 e. The van der Waals surface area contributed by atoms with Crippen molar-refractivity contribution in [3.8, 4) is 0 Å². The van der Waals surface area contributed by atoms with Crippen LogP contribution in [0.15, 0.2) is 12.1 Å². The van der Waals surface area contributed by atoms with Crippen LogP contribution in [0.3, 0.4) is 0 Å². The molecule has 0 radical (unpaired) electrons. The third-order valence-electron chi connectivity index (χ3n) is 5.48. The lowest BCUT2D eigenvalue weighted by atomic mass is 9.77. The molecule has 1 aromatic heterocycles. The summed E-state index contributed by atoms with van der Waals surface area (Å²) in [6, 6.07) is 3.06. The van der Waals surface area contributed by atoms with Crippen molar-refractivity contribution in [2.45, 2.75) is 79.1 Å². The van der Waals surface area contributed by atoms with Crippen molar-refractivity contribution in [1.82, 2.24) is 15.2 Å². The molecule has 0 spiro atoms. The molecule has 10 nitrogen and oxygen atoms in total. The number of nitrogens with one attached hydrogen (secondary N) is 1. The number of pyridine rings is 1. The Morgan fingerprint density at radius 1 is 1.09 bits per heavy atom. The van der Waals surface area contributed by atoms with E-state index in [1.165, 1.54) is 18.1 Å². The van der Waals surface area contributed by atoms with Gasteiger partial charge in [-0.1, -0.05) is 19.9 Å². The van der Waals surface area contributed by atoms with Crippen molar-refractivity contribution >= 4 is 30.6 Å². The van der Waals surface area contributed by atoms with Gasteiger partial charge in [-0.2, -0.15) is 0 Å². The Morgan fingerprint density at radius 3 is 2.11 bits per heavy atom. The zero-order chi connectivity index (χ0) is 27.2. The predicted molar refractivity (Wildman–Crippen MR) is 134 cm³/mol. The van der Waals surface area contributed by atoms with Gasteiger partial charge >= 0.3 is 19.2 Å². The lowest BCUT2D eigenvalue weighted by Gasteiger charge is -2.32. The van der Waals surface area contributed by atoms with E-state index in [2.05, 4.69) is 10.3 Å². The maximum Gasteiger partial charge on any atom is 0.497 e. The molecule has 1 fully saturated rings. The minimum atomic E-state index is -0.837. The largest absolute Gasteiger partial charge is 0.497 e. The van der Waals surface area contributed by atoms with Crippen molar-refractivity contribution in [3.05, 3.63) is 23.5 Å². The SMILES string of the molecule is CC.COC(=O)c1nc(C(=O)NCCN(C)C(=O)OC(C)(C)C)ccc1B1OC(C)(C)C(C)(C)O1. The van der Waals surface area contributed by atoms with Crippen LogP contribution in [0, 0.1) is 0 Å². The molecule has 0 unspecified atom stereocenters. The van der Waals surface area contributed by atoms with E-state index in [1.807, 2.05) is 41.5 Å². The summed E-state index contributed by atoms with van der Waals surface area (Å²) in [5.41, 5.74) is -1.49. The molecule has 0 saturated carbocycles. The number of hydrogen-bond donors (Lipinski definition) is 1. The molecule has 1 aliphatic rings. The van der Waals surface area contributed by atoms with E-state index in [9.17, 15) is 14.4 Å². The van der Waals surface area contributed by atoms with Gasteiger partial charge in [-0.05, 0) is 54.5 Å². The Morgan fingerprint density at radius 2 is 1.63 bits per heavy atom. The fourth-order valence-corrected chi connectivity index (χ4v) is 2.88. The van der Waals surface area contributed by atoms with E-state index in [4.69, 9.17) is 18.8 Å². The maximum absolute atomic E-state index is 12.6. The van der Waals surface area contributed by atoms with Gasteiger partial charge in [0, 0.05) is 25.6 Å². The number of methoxy groups -OCH3 is 1. The van der Waals surface area contributed by atoms with E-state index in [0.29, 0.717) is 5.46 Å². The average Bonchev–Trinajstić information content (AvgIpc) is 2.99. The second-order valence-corrected chi connectivity index (χ2v) is 9.87. The third-order valence-corrected chi connectivity index (χ3v) is 5.48. The fraction of sp³-hybridized carbons (Fsp3) is 0.667. The fourth-order valence-electron chi connectivity index (χ4n) is 2.88. The maximum atomic E-state index is 12.6. The summed E-state index contributed by atoms with van der Waals surface area (Å²) >= 11 is 0. The molecule has 196 valence electrons. The molecule has 2 rings (SSSR count). The minimum absolute atomic E-state index is 0.0237. The van der Waals surface area contributed by atoms with Crippen LogP contribution in [0.5, 0.6) is 0 Å². The monoisotopic (exact) mass is 493 g/mol. The first-order valence-electron chi connectivity index (χ1n) is 11.7. The van der Waals surface area contributed by atoms with Gasteiger partial charge in [-0.3, -0.25) is 4.79 Å². The highest BCUT2D eigenvalue weighted by Gasteiger charge is 2.52. The van der Waals surface area contributed by atoms with E-state index in [-0.39, 0.29) is 24.5 Å². The van der Waals surface area contributed by atoms with Gasteiger partial charge in [0.2, 0.25) is 0 Å². The topological polar surface area (TPSA) is 116 Å². The Balaban J connectivity index is 0.00000298. The first kappa shape index (κ1) is 30.4. The molecule has 0 aliphatic carbocycles. The highest BCUT2D eigenvalue weighted by atomic mass is 16.7. The molecule has 1 saturated heterocycles. The van der Waals surface area contributed by atoms with Crippen LogP contribution >= 0.6 is 0 Å². The van der Waals surface area contributed by atoms with Crippen LogP contribution in [0.25, 0.3) is 0 Å². The van der Waals surface area contributed by atoms with Crippen LogP contribution in [0.4, 0.5) is 4.79 Å². The Labute approximate surface area is 209 Å². The first-order chi connectivity index (χ1) is 16.1. The normalized spacial score (nSPS) is 16.0. The van der Waals surface area contributed by atoms with Crippen molar-refractivity contribution in [2.24, 2.45) is 0 Å². The molecular weight excluding hydrogens is 453 g/mol. The number of hydrogen-bond acceptors (Lipinski definition) is 8. The van der Waals surface area contributed by atoms with E-state index >= 15 is 0 Å². The van der Waals surface area contributed by atoms with E-state index in [0.717, 1.165) is 0 Å². The van der Waals surface area contributed by atoms with Crippen molar-refractivity contribution in [1.29, 1.82) is 0 Å². The van der Waals surface area contributed by atoms with Crippen molar-refractivity contribution < 1.29 is 33.2 Å². The first-order valence-corrected chi connectivity index (χ1v) is 11.7. The molecule has 1 N–H and O–H groups in total. The van der Waals surface area contributed by atoms with Gasteiger partial charge in [-0.15, -0.1) is 0 Å². The average molecular weight is 493 g/mol. The number of amides is 2.